The highest BCUT2D eigenvalue weighted by Gasteiger charge is 2.12. The molecule has 0 saturated carbocycles. The maximum Gasteiger partial charge on any atom is 0.230 e. The van der Waals surface area contributed by atoms with Crippen LogP contribution in [0.15, 0.2) is 56.4 Å². The Kier molecular flexibility index (Phi) is 5.50. The van der Waals surface area contributed by atoms with Gasteiger partial charge in [0.25, 0.3) is 0 Å². The molecule has 26 heavy (non-hydrogen) atoms. The van der Waals surface area contributed by atoms with Crippen molar-refractivity contribution in [2.24, 2.45) is 0 Å². The molecule has 0 aliphatic rings. The van der Waals surface area contributed by atoms with Gasteiger partial charge in [-0.1, -0.05) is 23.2 Å². The monoisotopic (exact) mass is 458 g/mol. The van der Waals surface area contributed by atoms with Crippen molar-refractivity contribution < 1.29 is 13.2 Å². The Labute approximate surface area is 163 Å². The molecular formula is C17H7BrCl2F2N2O2. The lowest BCUT2D eigenvalue weighted by molar-refractivity contribution is 0.584. The van der Waals surface area contributed by atoms with Crippen LogP contribution in [0.3, 0.4) is 0 Å². The fourth-order valence-corrected chi connectivity index (χ4v) is 2.68. The van der Waals surface area contributed by atoms with Gasteiger partial charge in [0.15, 0.2) is 0 Å². The molecule has 0 bridgehead atoms. The number of fused-ring (bicyclic) bond motifs is 2. The molecule has 0 aliphatic carbocycles. The topological polar surface area (TPSA) is 56.0 Å². The van der Waals surface area contributed by atoms with Gasteiger partial charge in [-0.15, -0.1) is 0 Å². The lowest BCUT2D eigenvalue weighted by Gasteiger charge is -2.02. The SMILES string of the molecule is Fc1ccc(Cl)cn1.O=c1c2cc(Br)c(F)cc2oc2ncc(Cl)cc12. The molecule has 1 aromatic carbocycles. The molecule has 3 aromatic heterocycles. The molecule has 0 radical (unpaired) electrons. The standard InChI is InChI=1S/C12H4BrClFNO2.C5H3ClFN/c13-8-2-6-10(3-9(8)15)18-12-7(11(6)17)1-5(14)4-16-12;6-4-1-2-5(7)8-3-4/h1-4H;1-3H. The Morgan fingerprint density at radius 2 is 1.69 bits per heavy atom. The van der Waals surface area contributed by atoms with Crippen molar-refractivity contribution in [1.29, 1.82) is 0 Å². The molecule has 0 saturated heterocycles. The van der Waals surface area contributed by atoms with Gasteiger partial charge in [0, 0.05) is 18.5 Å². The summed E-state index contributed by atoms with van der Waals surface area (Å²) in [5, 5.41) is 1.34. The number of benzene rings is 1. The Bertz CT molecular complexity index is 1150. The first-order valence-corrected chi connectivity index (χ1v) is 8.54. The van der Waals surface area contributed by atoms with Gasteiger partial charge in [0.1, 0.15) is 11.4 Å². The van der Waals surface area contributed by atoms with Gasteiger partial charge in [0.2, 0.25) is 17.1 Å². The number of halogens is 5. The van der Waals surface area contributed by atoms with Crippen LogP contribution in [0, 0.1) is 11.8 Å². The maximum atomic E-state index is 13.4. The normalized spacial score (nSPS) is 10.7. The maximum absolute atomic E-state index is 13.4. The fraction of sp³-hybridized carbons (Fsp3) is 0. The van der Waals surface area contributed by atoms with Gasteiger partial charge in [0.05, 0.1) is 25.3 Å². The molecule has 0 amide bonds. The molecule has 9 heteroatoms. The van der Waals surface area contributed by atoms with Gasteiger partial charge in [-0.05, 0) is 40.2 Å². The Balaban J connectivity index is 0.000000206. The zero-order valence-corrected chi connectivity index (χ0v) is 15.7. The van der Waals surface area contributed by atoms with Gasteiger partial charge >= 0.3 is 0 Å². The van der Waals surface area contributed by atoms with Crippen molar-refractivity contribution in [1.82, 2.24) is 9.97 Å². The van der Waals surface area contributed by atoms with Gasteiger partial charge in [-0.25, -0.2) is 14.4 Å². The summed E-state index contributed by atoms with van der Waals surface area (Å²) in [4.78, 5) is 19.4. The largest absolute Gasteiger partial charge is 0.437 e. The minimum atomic E-state index is -0.505. The molecule has 132 valence electrons. The van der Waals surface area contributed by atoms with Crippen LogP contribution in [0.25, 0.3) is 22.1 Å². The zero-order valence-electron chi connectivity index (χ0n) is 12.6. The van der Waals surface area contributed by atoms with Crippen LogP contribution in [0.5, 0.6) is 0 Å². The average Bonchev–Trinajstić information content (AvgIpc) is 2.61. The first kappa shape index (κ1) is 18.7. The van der Waals surface area contributed by atoms with Crippen molar-refractivity contribution in [2.75, 3.05) is 0 Å². The van der Waals surface area contributed by atoms with E-state index in [2.05, 4.69) is 25.9 Å². The van der Waals surface area contributed by atoms with Gasteiger partial charge in [-0.2, -0.15) is 4.39 Å². The highest BCUT2D eigenvalue weighted by atomic mass is 79.9. The van der Waals surface area contributed by atoms with Crippen LogP contribution in [0.1, 0.15) is 0 Å². The van der Waals surface area contributed by atoms with Crippen LogP contribution in [-0.4, -0.2) is 9.97 Å². The molecule has 0 aliphatic heterocycles. The molecule has 4 rings (SSSR count). The van der Waals surface area contributed by atoms with Crippen LogP contribution < -0.4 is 5.43 Å². The molecule has 3 heterocycles. The van der Waals surface area contributed by atoms with Crippen molar-refractivity contribution in [3.63, 3.8) is 0 Å². The van der Waals surface area contributed by atoms with Gasteiger partial charge < -0.3 is 4.42 Å². The molecular weight excluding hydrogens is 453 g/mol. The van der Waals surface area contributed by atoms with E-state index in [1.165, 1.54) is 36.7 Å². The van der Waals surface area contributed by atoms with Crippen LogP contribution in [0.2, 0.25) is 10.0 Å². The summed E-state index contributed by atoms with van der Waals surface area (Å²) in [5.41, 5.74) is 0.00333. The summed E-state index contributed by atoms with van der Waals surface area (Å²) in [5.74, 6) is -1.01. The number of hydrogen-bond donors (Lipinski definition) is 0. The lowest BCUT2D eigenvalue weighted by Crippen LogP contribution is -2.03. The van der Waals surface area contributed by atoms with Crippen molar-refractivity contribution in [3.8, 4) is 0 Å². The predicted octanol–water partition coefficient (Wildman–Crippen LogP) is 5.77. The van der Waals surface area contributed by atoms with Crippen molar-refractivity contribution in [2.45, 2.75) is 0 Å². The molecule has 0 fully saturated rings. The van der Waals surface area contributed by atoms with Gasteiger partial charge in [-0.3, -0.25) is 4.79 Å². The predicted molar refractivity (Wildman–Crippen MR) is 99.7 cm³/mol. The van der Waals surface area contributed by atoms with E-state index in [-0.39, 0.29) is 32.0 Å². The third kappa shape index (κ3) is 4.00. The molecule has 4 nitrogen and oxygen atoms in total. The summed E-state index contributed by atoms with van der Waals surface area (Å²) in [6, 6.07) is 6.67. The number of rotatable bonds is 0. The highest BCUT2D eigenvalue weighted by Crippen LogP contribution is 2.24. The third-order valence-electron chi connectivity index (χ3n) is 3.23. The Morgan fingerprint density at radius 3 is 2.35 bits per heavy atom. The van der Waals surface area contributed by atoms with Crippen molar-refractivity contribution >= 4 is 61.2 Å². The summed E-state index contributed by atoms with van der Waals surface area (Å²) < 4.78 is 30.9. The lowest BCUT2D eigenvalue weighted by atomic mass is 10.2. The molecule has 0 unspecified atom stereocenters. The first-order valence-electron chi connectivity index (χ1n) is 6.99. The highest BCUT2D eigenvalue weighted by molar-refractivity contribution is 9.10. The van der Waals surface area contributed by atoms with E-state index in [0.29, 0.717) is 10.0 Å². The van der Waals surface area contributed by atoms with E-state index in [9.17, 15) is 13.6 Å². The smallest absolute Gasteiger partial charge is 0.230 e. The zero-order chi connectivity index (χ0) is 18.8. The van der Waals surface area contributed by atoms with E-state index in [0.717, 1.165) is 6.07 Å². The summed E-state index contributed by atoms with van der Waals surface area (Å²) in [7, 11) is 0. The third-order valence-corrected chi connectivity index (χ3v) is 4.27. The van der Waals surface area contributed by atoms with Crippen molar-refractivity contribution in [3.05, 3.63) is 79.2 Å². The Morgan fingerprint density at radius 1 is 0.962 bits per heavy atom. The number of nitrogens with zero attached hydrogens (tertiary/aromatic N) is 2. The number of pyridine rings is 2. The number of hydrogen-bond acceptors (Lipinski definition) is 4. The van der Waals surface area contributed by atoms with E-state index in [4.69, 9.17) is 27.6 Å². The van der Waals surface area contributed by atoms with Crippen LogP contribution in [-0.2, 0) is 0 Å². The molecule has 0 atom stereocenters. The minimum Gasteiger partial charge on any atom is -0.437 e. The molecule has 4 aromatic rings. The van der Waals surface area contributed by atoms with E-state index in [1.54, 1.807) is 0 Å². The Hall–Kier alpha value is -2.09. The van der Waals surface area contributed by atoms with Crippen LogP contribution >= 0.6 is 39.1 Å². The second-order valence-corrected chi connectivity index (χ2v) is 6.73. The minimum absolute atomic E-state index is 0.138. The molecule has 0 N–H and O–H groups in total. The van der Waals surface area contributed by atoms with Crippen LogP contribution in [0.4, 0.5) is 8.78 Å². The second-order valence-electron chi connectivity index (χ2n) is 5.00. The second kappa shape index (κ2) is 7.65. The summed E-state index contributed by atoms with van der Waals surface area (Å²) in [6.07, 6.45) is 2.63. The first-order chi connectivity index (χ1) is 12.3. The van der Waals surface area contributed by atoms with E-state index in [1.807, 2.05) is 0 Å². The van der Waals surface area contributed by atoms with E-state index < -0.39 is 11.8 Å². The fourth-order valence-electron chi connectivity index (χ4n) is 2.07. The summed E-state index contributed by atoms with van der Waals surface area (Å²) >= 11 is 14.2. The van der Waals surface area contributed by atoms with E-state index >= 15 is 0 Å². The quantitative estimate of drug-likeness (QED) is 0.247. The molecule has 0 spiro atoms. The summed E-state index contributed by atoms with van der Waals surface area (Å²) in [6.45, 7) is 0. The number of aromatic nitrogens is 2. The average molecular weight is 460 g/mol.